The number of nitrogens with two attached hydrogens (primary N) is 1. The highest BCUT2D eigenvalue weighted by Crippen LogP contribution is 2.32. The third kappa shape index (κ3) is 2.55. The Balaban J connectivity index is 2.48. The molecule has 2 aromatic rings. The molecule has 106 valence electrons. The van der Waals surface area contributed by atoms with Gasteiger partial charge in [0.05, 0.1) is 0 Å². The summed E-state index contributed by atoms with van der Waals surface area (Å²) in [7, 11) is 0. The van der Waals surface area contributed by atoms with Gasteiger partial charge in [-0.3, -0.25) is 0 Å². The summed E-state index contributed by atoms with van der Waals surface area (Å²) in [6.07, 6.45) is 0. The van der Waals surface area contributed by atoms with E-state index in [4.69, 9.17) is 10.6 Å². The van der Waals surface area contributed by atoms with Crippen LogP contribution in [0.1, 0.15) is 16.7 Å². The highest BCUT2D eigenvalue weighted by molar-refractivity contribution is 5.47. The molecular formula is C14H15F2N3O. The van der Waals surface area contributed by atoms with Crippen LogP contribution < -0.4 is 16.0 Å². The molecule has 0 unspecified atom stereocenters. The van der Waals surface area contributed by atoms with Gasteiger partial charge in [0.15, 0.2) is 17.5 Å². The number of hydrogen-bond acceptors (Lipinski definition) is 4. The number of benzene rings is 1. The second-order valence-electron chi connectivity index (χ2n) is 4.51. The van der Waals surface area contributed by atoms with Crippen LogP contribution in [-0.2, 0) is 0 Å². The lowest BCUT2D eigenvalue weighted by atomic mass is 10.1. The monoisotopic (exact) mass is 279 g/mol. The summed E-state index contributed by atoms with van der Waals surface area (Å²) < 4.78 is 32.5. The zero-order valence-electron chi connectivity index (χ0n) is 11.4. The second kappa shape index (κ2) is 5.42. The van der Waals surface area contributed by atoms with Crippen LogP contribution in [0.25, 0.3) is 0 Å². The number of aromatic nitrogens is 1. The first-order valence-electron chi connectivity index (χ1n) is 6.01. The van der Waals surface area contributed by atoms with Crippen molar-refractivity contribution >= 4 is 5.82 Å². The Morgan fingerprint density at radius 2 is 1.75 bits per heavy atom. The summed E-state index contributed by atoms with van der Waals surface area (Å²) in [6.45, 7) is 5.62. The minimum atomic E-state index is -0.887. The number of nitrogens with one attached hydrogen (secondary N) is 1. The molecule has 1 aromatic heterocycles. The minimum absolute atomic E-state index is 0.274. The van der Waals surface area contributed by atoms with E-state index >= 15 is 0 Å². The number of ether oxygens (including phenoxy) is 1. The highest BCUT2D eigenvalue weighted by atomic mass is 19.1. The lowest BCUT2D eigenvalue weighted by molar-refractivity contribution is 0.413. The normalized spacial score (nSPS) is 10.5. The fourth-order valence-electron chi connectivity index (χ4n) is 1.80. The van der Waals surface area contributed by atoms with Crippen LogP contribution in [0.5, 0.6) is 11.6 Å². The van der Waals surface area contributed by atoms with Crippen LogP contribution in [0.3, 0.4) is 0 Å². The molecule has 0 saturated heterocycles. The quantitative estimate of drug-likeness (QED) is 0.668. The van der Waals surface area contributed by atoms with Gasteiger partial charge in [0.2, 0.25) is 0 Å². The van der Waals surface area contributed by atoms with Gasteiger partial charge in [0.25, 0.3) is 5.88 Å². The van der Waals surface area contributed by atoms with E-state index in [9.17, 15) is 8.78 Å². The summed E-state index contributed by atoms with van der Waals surface area (Å²) in [4.78, 5) is 3.69. The highest BCUT2D eigenvalue weighted by Gasteiger charge is 2.15. The van der Waals surface area contributed by atoms with Gasteiger partial charge in [-0.05, 0) is 37.5 Å². The van der Waals surface area contributed by atoms with E-state index in [1.807, 2.05) is 32.9 Å². The van der Waals surface area contributed by atoms with Gasteiger partial charge < -0.3 is 10.2 Å². The molecule has 0 amide bonds. The van der Waals surface area contributed by atoms with Crippen molar-refractivity contribution in [2.45, 2.75) is 20.8 Å². The van der Waals surface area contributed by atoms with Gasteiger partial charge in [0.1, 0.15) is 5.75 Å². The number of nitrogens with zero attached hydrogens (tertiary/aromatic N) is 1. The van der Waals surface area contributed by atoms with Crippen LogP contribution in [-0.4, -0.2) is 4.98 Å². The van der Waals surface area contributed by atoms with Crippen molar-refractivity contribution in [3.8, 4) is 11.6 Å². The number of pyridine rings is 1. The van der Waals surface area contributed by atoms with Crippen molar-refractivity contribution in [3.63, 3.8) is 0 Å². The van der Waals surface area contributed by atoms with Crippen LogP contribution in [0.15, 0.2) is 18.2 Å². The van der Waals surface area contributed by atoms with Crippen molar-refractivity contribution in [1.82, 2.24) is 4.98 Å². The molecular weight excluding hydrogens is 264 g/mol. The van der Waals surface area contributed by atoms with E-state index in [2.05, 4.69) is 10.4 Å². The van der Waals surface area contributed by atoms with Crippen molar-refractivity contribution in [2.24, 2.45) is 5.84 Å². The Hall–Kier alpha value is -2.21. The van der Waals surface area contributed by atoms with Crippen molar-refractivity contribution < 1.29 is 13.5 Å². The number of aryl methyl sites for hydroxylation is 2. The largest absolute Gasteiger partial charge is 0.436 e. The first kappa shape index (κ1) is 14.2. The lowest BCUT2D eigenvalue weighted by Crippen LogP contribution is -2.11. The Morgan fingerprint density at radius 3 is 2.40 bits per heavy atom. The van der Waals surface area contributed by atoms with E-state index in [-0.39, 0.29) is 11.7 Å². The van der Waals surface area contributed by atoms with Gasteiger partial charge >= 0.3 is 0 Å². The molecule has 0 aliphatic carbocycles. The maximum Gasteiger partial charge on any atom is 0.258 e. The minimum Gasteiger partial charge on any atom is -0.436 e. The fraction of sp³-hybridized carbons (Fsp3) is 0.214. The van der Waals surface area contributed by atoms with Crippen LogP contribution in [0.4, 0.5) is 14.6 Å². The topological polar surface area (TPSA) is 60.2 Å². The van der Waals surface area contributed by atoms with Crippen molar-refractivity contribution in [3.05, 3.63) is 46.5 Å². The van der Waals surface area contributed by atoms with Crippen LogP contribution in [0, 0.1) is 32.4 Å². The molecule has 0 spiro atoms. The van der Waals surface area contributed by atoms with E-state index in [0.717, 1.165) is 16.7 Å². The Morgan fingerprint density at radius 1 is 1.10 bits per heavy atom. The maximum absolute atomic E-state index is 13.7. The van der Waals surface area contributed by atoms with Crippen molar-refractivity contribution in [2.75, 3.05) is 5.43 Å². The molecule has 0 radical (unpaired) electrons. The standard InChI is InChI=1S/C14H15F2N3O/c1-7-4-5-8(2)12(9(7)3)20-14-11(16)6-10(15)13(18-14)19-17/h4-6H,17H2,1-3H3,(H,18,19). The number of hydrazine groups is 1. The zero-order chi connectivity index (χ0) is 14.9. The first-order valence-corrected chi connectivity index (χ1v) is 6.01. The summed E-state index contributed by atoms with van der Waals surface area (Å²) in [5.74, 6) is 3.26. The number of halogens is 2. The van der Waals surface area contributed by atoms with E-state index in [1.54, 1.807) is 0 Å². The summed E-state index contributed by atoms with van der Waals surface area (Å²) in [5, 5.41) is 0. The molecule has 0 fully saturated rings. The molecule has 4 nitrogen and oxygen atoms in total. The molecule has 20 heavy (non-hydrogen) atoms. The van der Waals surface area contributed by atoms with Gasteiger partial charge in [-0.15, -0.1) is 0 Å². The number of anilines is 1. The summed E-state index contributed by atoms with van der Waals surface area (Å²) in [6, 6.07) is 4.48. The third-order valence-corrected chi connectivity index (χ3v) is 3.11. The van der Waals surface area contributed by atoms with Gasteiger partial charge in [0, 0.05) is 6.07 Å². The molecule has 0 saturated carbocycles. The smallest absolute Gasteiger partial charge is 0.258 e. The molecule has 0 aliphatic heterocycles. The lowest BCUT2D eigenvalue weighted by Gasteiger charge is -2.14. The Bertz CT molecular complexity index is 659. The molecule has 2 rings (SSSR count). The van der Waals surface area contributed by atoms with Gasteiger partial charge in [-0.2, -0.15) is 4.98 Å². The first-order chi connectivity index (χ1) is 9.43. The van der Waals surface area contributed by atoms with Gasteiger partial charge in [-0.1, -0.05) is 12.1 Å². The maximum atomic E-state index is 13.7. The Labute approximate surface area is 115 Å². The number of rotatable bonds is 3. The molecule has 0 atom stereocenters. The van der Waals surface area contributed by atoms with Crippen LogP contribution in [0.2, 0.25) is 0 Å². The predicted octanol–water partition coefficient (Wildman–Crippen LogP) is 3.36. The molecule has 0 bridgehead atoms. The zero-order valence-corrected chi connectivity index (χ0v) is 11.4. The average Bonchev–Trinajstić information content (AvgIpc) is 2.41. The SMILES string of the molecule is Cc1ccc(C)c(Oc2nc(NN)c(F)cc2F)c1C. The van der Waals surface area contributed by atoms with E-state index < -0.39 is 11.6 Å². The summed E-state index contributed by atoms with van der Waals surface area (Å²) >= 11 is 0. The average molecular weight is 279 g/mol. The van der Waals surface area contributed by atoms with Crippen molar-refractivity contribution in [1.29, 1.82) is 0 Å². The fourth-order valence-corrected chi connectivity index (χ4v) is 1.80. The number of hydrogen-bond donors (Lipinski definition) is 2. The van der Waals surface area contributed by atoms with Crippen LogP contribution >= 0.6 is 0 Å². The van der Waals surface area contributed by atoms with Gasteiger partial charge in [-0.25, -0.2) is 14.6 Å². The predicted molar refractivity (Wildman–Crippen MR) is 72.7 cm³/mol. The van der Waals surface area contributed by atoms with E-state index in [1.165, 1.54) is 0 Å². The molecule has 1 aromatic carbocycles. The molecule has 3 N–H and O–H groups in total. The number of nitrogen functional groups attached to an aromatic ring is 1. The molecule has 6 heteroatoms. The third-order valence-electron chi connectivity index (χ3n) is 3.11. The Kier molecular flexibility index (Phi) is 3.85. The van der Waals surface area contributed by atoms with E-state index in [0.29, 0.717) is 11.8 Å². The second-order valence-corrected chi connectivity index (χ2v) is 4.51. The molecule has 1 heterocycles. The summed E-state index contributed by atoms with van der Waals surface area (Å²) in [5.41, 5.74) is 4.77. The molecule has 0 aliphatic rings.